The van der Waals surface area contributed by atoms with Crippen LogP contribution in [0.4, 0.5) is 5.69 Å². The number of amides is 1. The molecule has 0 saturated carbocycles. The van der Waals surface area contributed by atoms with Crippen LogP contribution in [0.3, 0.4) is 0 Å². The third-order valence-electron chi connectivity index (χ3n) is 4.61. The maximum atomic E-state index is 12.6. The van der Waals surface area contributed by atoms with E-state index in [-0.39, 0.29) is 11.9 Å². The Balaban J connectivity index is 1.48. The van der Waals surface area contributed by atoms with Crippen LogP contribution in [0.1, 0.15) is 17.4 Å². The van der Waals surface area contributed by atoms with Crippen LogP contribution in [-0.4, -0.2) is 12.5 Å². The number of rotatable bonds is 6. The summed E-state index contributed by atoms with van der Waals surface area (Å²) in [5.74, 6) is 0.790. The fourth-order valence-electron chi connectivity index (χ4n) is 3.31. The SMILES string of the molecule is O=C(C[NH2+][C@@H](c1ccccc1)c1ccco1)Nc1cccc2ccccc12. The van der Waals surface area contributed by atoms with Gasteiger partial charge in [-0.25, -0.2) is 0 Å². The maximum absolute atomic E-state index is 12.6. The molecule has 4 nitrogen and oxygen atoms in total. The third-order valence-corrected chi connectivity index (χ3v) is 4.61. The summed E-state index contributed by atoms with van der Waals surface area (Å²) >= 11 is 0. The largest absolute Gasteiger partial charge is 0.463 e. The summed E-state index contributed by atoms with van der Waals surface area (Å²) in [6.45, 7) is 0.295. The Kier molecular flexibility index (Phi) is 4.99. The lowest BCUT2D eigenvalue weighted by molar-refractivity contribution is -0.678. The first-order valence-corrected chi connectivity index (χ1v) is 9.00. The summed E-state index contributed by atoms with van der Waals surface area (Å²) in [6.07, 6.45) is 1.66. The molecule has 27 heavy (non-hydrogen) atoms. The van der Waals surface area contributed by atoms with Gasteiger partial charge in [0, 0.05) is 16.6 Å². The van der Waals surface area contributed by atoms with Crippen LogP contribution in [0.2, 0.25) is 0 Å². The normalized spacial score (nSPS) is 12.0. The summed E-state index contributed by atoms with van der Waals surface area (Å²) in [7, 11) is 0. The van der Waals surface area contributed by atoms with Gasteiger partial charge in [0.05, 0.1) is 6.26 Å². The van der Waals surface area contributed by atoms with Crippen molar-refractivity contribution in [2.45, 2.75) is 6.04 Å². The van der Waals surface area contributed by atoms with Crippen LogP contribution < -0.4 is 10.6 Å². The number of quaternary nitrogens is 1. The van der Waals surface area contributed by atoms with Gasteiger partial charge in [-0.15, -0.1) is 0 Å². The van der Waals surface area contributed by atoms with Crippen molar-refractivity contribution in [1.82, 2.24) is 0 Å². The van der Waals surface area contributed by atoms with Gasteiger partial charge in [-0.05, 0) is 23.6 Å². The molecule has 4 aromatic rings. The number of carbonyl (C=O) groups is 1. The number of hydrogen-bond acceptors (Lipinski definition) is 2. The van der Waals surface area contributed by atoms with Gasteiger partial charge in [0.25, 0.3) is 5.91 Å². The average molecular weight is 357 g/mol. The van der Waals surface area contributed by atoms with Crippen molar-refractivity contribution in [2.75, 3.05) is 11.9 Å². The highest BCUT2D eigenvalue weighted by atomic mass is 16.3. The van der Waals surface area contributed by atoms with Gasteiger partial charge in [0.2, 0.25) is 0 Å². The Morgan fingerprint density at radius 2 is 1.67 bits per heavy atom. The van der Waals surface area contributed by atoms with Crippen molar-refractivity contribution in [1.29, 1.82) is 0 Å². The molecular weight excluding hydrogens is 336 g/mol. The number of furan rings is 1. The Bertz CT molecular complexity index is 1020. The minimum Gasteiger partial charge on any atom is -0.463 e. The van der Waals surface area contributed by atoms with Crippen molar-refractivity contribution in [2.24, 2.45) is 0 Å². The minimum absolute atomic E-state index is 0.0427. The number of nitrogens with two attached hydrogens (primary N) is 1. The summed E-state index contributed by atoms with van der Waals surface area (Å²) in [5, 5.41) is 7.18. The fraction of sp³-hybridized carbons (Fsp3) is 0.0870. The molecule has 0 radical (unpaired) electrons. The molecule has 4 heteroatoms. The van der Waals surface area contributed by atoms with Crippen LogP contribution in [-0.2, 0) is 4.79 Å². The lowest BCUT2D eigenvalue weighted by atomic mass is 10.0. The molecule has 3 aromatic carbocycles. The zero-order chi connectivity index (χ0) is 18.5. The summed E-state index contributed by atoms with van der Waals surface area (Å²) in [6, 6.07) is 27.8. The molecule has 0 aliphatic heterocycles. The highest BCUT2D eigenvalue weighted by Crippen LogP contribution is 2.23. The Morgan fingerprint density at radius 1 is 0.889 bits per heavy atom. The van der Waals surface area contributed by atoms with E-state index in [2.05, 4.69) is 5.32 Å². The highest BCUT2D eigenvalue weighted by Gasteiger charge is 2.21. The van der Waals surface area contributed by atoms with Gasteiger partial charge in [0.1, 0.15) is 0 Å². The standard InChI is InChI=1S/C23H20N2O2/c26-22(25-20-13-6-11-17-8-4-5-12-19(17)20)16-24-23(21-14-7-15-27-21)18-9-2-1-3-10-18/h1-15,23-24H,16H2,(H,25,26)/p+1/t23-/m0/s1. The highest BCUT2D eigenvalue weighted by molar-refractivity contribution is 6.02. The quantitative estimate of drug-likeness (QED) is 0.552. The Morgan fingerprint density at radius 3 is 2.48 bits per heavy atom. The van der Waals surface area contributed by atoms with Gasteiger partial charge in [-0.2, -0.15) is 0 Å². The molecule has 1 aromatic heterocycles. The minimum atomic E-state index is -0.0560. The first-order chi connectivity index (χ1) is 13.3. The van der Waals surface area contributed by atoms with Crippen molar-refractivity contribution in [3.63, 3.8) is 0 Å². The van der Waals surface area contributed by atoms with Crippen molar-refractivity contribution >= 4 is 22.4 Å². The summed E-state index contributed by atoms with van der Waals surface area (Å²) in [4.78, 5) is 12.6. The van der Waals surface area contributed by atoms with Crippen LogP contribution in [0, 0.1) is 0 Å². The molecule has 0 spiro atoms. The predicted octanol–water partition coefficient (Wildman–Crippen LogP) is 3.72. The van der Waals surface area contributed by atoms with E-state index < -0.39 is 0 Å². The van der Waals surface area contributed by atoms with E-state index >= 15 is 0 Å². The molecule has 1 amide bonds. The van der Waals surface area contributed by atoms with Crippen LogP contribution in [0.5, 0.6) is 0 Å². The molecule has 134 valence electrons. The molecule has 0 bridgehead atoms. The lowest BCUT2D eigenvalue weighted by Crippen LogP contribution is -2.87. The second-order valence-electron chi connectivity index (χ2n) is 6.42. The van der Waals surface area contributed by atoms with E-state index in [1.807, 2.05) is 90.2 Å². The van der Waals surface area contributed by atoms with E-state index in [9.17, 15) is 4.79 Å². The number of carbonyl (C=O) groups excluding carboxylic acids is 1. The van der Waals surface area contributed by atoms with Gasteiger partial charge in [-0.1, -0.05) is 66.7 Å². The van der Waals surface area contributed by atoms with Gasteiger partial charge in [-0.3, -0.25) is 4.79 Å². The second-order valence-corrected chi connectivity index (χ2v) is 6.42. The Labute approximate surface area is 157 Å². The smallest absolute Gasteiger partial charge is 0.279 e. The number of anilines is 1. The molecule has 0 aliphatic rings. The van der Waals surface area contributed by atoms with E-state index in [1.54, 1.807) is 6.26 Å². The number of benzene rings is 3. The van der Waals surface area contributed by atoms with Gasteiger partial charge in [0.15, 0.2) is 18.3 Å². The van der Waals surface area contributed by atoms with Gasteiger partial charge < -0.3 is 15.1 Å². The molecule has 0 unspecified atom stereocenters. The number of fused-ring (bicyclic) bond motifs is 1. The third kappa shape index (κ3) is 3.91. The van der Waals surface area contributed by atoms with Crippen LogP contribution in [0.15, 0.2) is 95.6 Å². The van der Waals surface area contributed by atoms with E-state index in [0.29, 0.717) is 6.54 Å². The van der Waals surface area contributed by atoms with Crippen molar-refractivity contribution in [3.8, 4) is 0 Å². The van der Waals surface area contributed by atoms with Crippen LogP contribution in [0.25, 0.3) is 10.8 Å². The zero-order valence-electron chi connectivity index (χ0n) is 14.8. The van der Waals surface area contributed by atoms with Crippen molar-refractivity contribution < 1.29 is 14.5 Å². The first kappa shape index (κ1) is 17.1. The molecule has 0 saturated heterocycles. The van der Waals surface area contributed by atoms with E-state index in [4.69, 9.17) is 4.42 Å². The number of hydrogen-bond donors (Lipinski definition) is 2. The molecule has 0 fully saturated rings. The summed E-state index contributed by atoms with van der Waals surface area (Å²) in [5.41, 5.74) is 1.94. The summed E-state index contributed by atoms with van der Waals surface area (Å²) < 4.78 is 5.60. The van der Waals surface area contributed by atoms with Gasteiger partial charge >= 0.3 is 0 Å². The lowest BCUT2D eigenvalue weighted by Gasteiger charge is -2.14. The second kappa shape index (κ2) is 7.89. The first-order valence-electron chi connectivity index (χ1n) is 9.00. The van der Waals surface area contributed by atoms with E-state index in [1.165, 1.54) is 0 Å². The molecule has 4 rings (SSSR count). The van der Waals surface area contributed by atoms with Crippen molar-refractivity contribution in [3.05, 3.63) is 103 Å². The maximum Gasteiger partial charge on any atom is 0.279 e. The Hall–Kier alpha value is -3.37. The van der Waals surface area contributed by atoms with E-state index in [0.717, 1.165) is 27.8 Å². The molecule has 0 aliphatic carbocycles. The molecular formula is C23H21N2O2+. The fourth-order valence-corrected chi connectivity index (χ4v) is 3.31. The van der Waals surface area contributed by atoms with Crippen LogP contribution >= 0.6 is 0 Å². The zero-order valence-corrected chi connectivity index (χ0v) is 14.8. The topological polar surface area (TPSA) is 58.9 Å². The number of nitrogens with one attached hydrogen (secondary N) is 1. The average Bonchev–Trinajstić information content (AvgIpc) is 3.24. The molecule has 1 heterocycles. The molecule has 3 N–H and O–H groups in total. The molecule has 1 atom stereocenters. The predicted molar refractivity (Wildman–Crippen MR) is 106 cm³/mol. The monoisotopic (exact) mass is 357 g/mol.